The summed E-state index contributed by atoms with van der Waals surface area (Å²) < 4.78 is 14.4. The van der Waals surface area contributed by atoms with Gasteiger partial charge in [-0.25, -0.2) is 0 Å². The Balaban J connectivity index is 1.11. The first-order valence-electron chi connectivity index (χ1n) is 11.0. The third kappa shape index (κ3) is 3.30. The van der Waals surface area contributed by atoms with Crippen LogP contribution in [0.2, 0.25) is 0 Å². The molecule has 0 spiro atoms. The van der Waals surface area contributed by atoms with Gasteiger partial charge < -0.3 is 14.0 Å². The number of hydrogen-bond donors (Lipinski definition) is 0. The highest BCUT2D eigenvalue weighted by Crippen LogP contribution is 2.36. The van der Waals surface area contributed by atoms with Crippen LogP contribution in [0.4, 0.5) is 0 Å². The monoisotopic (exact) mass is 422 g/mol. The third-order valence-corrected chi connectivity index (χ3v) is 7.51. The Morgan fingerprint density at radius 3 is 2.80 bits per heavy atom. The number of aryl methyl sites for hydroxylation is 1. The Morgan fingerprint density at radius 1 is 1.03 bits per heavy atom. The minimum absolute atomic E-state index is 0.0952. The van der Waals surface area contributed by atoms with Crippen LogP contribution in [-0.2, 0) is 13.0 Å². The first-order valence-corrected chi connectivity index (χ1v) is 11.8. The maximum absolute atomic E-state index is 6.16. The van der Waals surface area contributed by atoms with Crippen molar-refractivity contribution in [2.75, 3.05) is 26.2 Å². The molecule has 1 unspecified atom stereocenters. The van der Waals surface area contributed by atoms with Crippen molar-refractivity contribution in [2.45, 2.75) is 44.2 Å². The molecule has 30 heavy (non-hydrogen) atoms. The van der Waals surface area contributed by atoms with Crippen molar-refractivity contribution >= 4 is 11.3 Å². The lowest BCUT2D eigenvalue weighted by atomic mass is 9.95. The number of fused-ring (bicyclic) bond motifs is 4. The standard InChI is InChI=1S/C23H26N4O2S/c1-2-5-20-19(4-1)28-15-17(29-20)14-26-11-7-16(8-12-26)22-24-25-23-18-9-13-30-21(18)6-3-10-27(22)23/h1-2,4-5,9,13,16-17H,3,6-8,10-12,14-15H2. The molecule has 0 aliphatic carbocycles. The number of ether oxygens (including phenoxy) is 2. The Hall–Kier alpha value is -2.38. The SMILES string of the molecule is c1ccc2c(c1)OCC(CN1CCC(c3nnc4n3CCCc3sccc3-4)CC1)O2. The number of rotatable bonds is 3. The summed E-state index contributed by atoms with van der Waals surface area (Å²) in [6.45, 7) is 4.71. The molecular formula is C23H26N4O2S. The molecule has 2 aromatic heterocycles. The number of thiophene rings is 1. The second-order valence-electron chi connectivity index (χ2n) is 8.47. The van der Waals surface area contributed by atoms with Gasteiger partial charge in [-0.2, -0.15) is 0 Å². The summed E-state index contributed by atoms with van der Waals surface area (Å²) in [5.74, 6) is 4.48. The molecule has 0 radical (unpaired) electrons. The van der Waals surface area contributed by atoms with Crippen LogP contribution >= 0.6 is 11.3 Å². The van der Waals surface area contributed by atoms with Crippen LogP contribution < -0.4 is 9.47 Å². The lowest BCUT2D eigenvalue weighted by Gasteiger charge is -2.35. The lowest BCUT2D eigenvalue weighted by Crippen LogP contribution is -2.44. The molecular weight excluding hydrogens is 396 g/mol. The van der Waals surface area contributed by atoms with Crippen LogP contribution in [0.5, 0.6) is 11.5 Å². The van der Waals surface area contributed by atoms with E-state index in [4.69, 9.17) is 9.47 Å². The molecule has 1 fully saturated rings. The van der Waals surface area contributed by atoms with Crippen molar-refractivity contribution in [3.05, 3.63) is 46.4 Å². The van der Waals surface area contributed by atoms with Gasteiger partial charge in [-0.15, -0.1) is 21.5 Å². The Labute approximate surface area is 180 Å². The summed E-state index contributed by atoms with van der Waals surface area (Å²) >= 11 is 1.85. The van der Waals surface area contributed by atoms with Gasteiger partial charge in [-0.3, -0.25) is 4.90 Å². The van der Waals surface area contributed by atoms with Crippen LogP contribution in [0.15, 0.2) is 35.7 Å². The van der Waals surface area contributed by atoms with Gasteiger partial charge in [0, 0.05) is 29.4 Å². The van der Waals surface area contributed by atoms with E-state index in [2.05, 4.69) is 31.1 Å². The predicted molar refractivity (Wildman–Crippen MR) is 116 cm³/mol. The average molecular weight is 423 g/mol. The third-order valence-electron chi connectivity index (χ3n) is 6.53. The first kappa shape index (κ1) is 18.4. The molecule has 0 amide bonds. The van der Waals surface area contributed by atoms with Gasteiger partial charge in [-0.05, 0) is 62.4 Å². The molecule has 7 heteroatoms. The second-order valence-corrected chi connectivity index (χ2v) is 9.47. The van der Waals surface area contributed by atoms with Crippen LogP contribution in [0.3, 0.4) is 0 Å². The first-order chi connectivity index (χ1) is 14.8. The molecule has 0 bridgehead atoms. The van der Waals surface area contributed by atoms with Gasteiger partial charge in [0.15, 0.2) is 17.3 Å². The molecule has 1 aromatic carbocycles. The van der Waals surface area contributed by atoms with Gasteiger partial charge in [0.2, 0.25) is 0 Å². The topological polar surface area (TPSA) is 52.4 Å². The molecule has 3 aliphatic heterocycles. The molecule has 1 atom stereocenters. The zero-order valence-corrected chi connectivity index (χ0v) is 17.8. The minimum Gasteiger partial charge on any atom is -0.486 e. The molecule has 5 heterocycles. The smallest absolute Gasteiger partial charge is 0.165 e. The van der Waals surface area contributed by atoms with E-state index in [1.807, 2.05) is 35.6 Å². The molecule has 0 N–H and O–H groups in total. The second kappa shape index (κ2) is 7.71. The van der Waals surface area contributed by atoms with E-state index >= 15 is 0 Å². The number of benzene rings is 1. The summed E-state index contributed by atoms with van der Waals surface area (Å²) in [6, 6.07) is 10.2. The maximum Gasteiger partial charge on any atom is 0.165 e. The van der Waals surface area contributed by atoms with Crippen molar-refractivity contribution in [1.29, 1.82) is 0 Å². The van der Waals surface area contributed by atoms with Crippen molar-refractivity contribution < 1.29 is 9.47 Å². The number of nitrogens with zero attached hydrogens (tertiary/aromatic N) is 4. The number of para-hydroxylation sites is 2. The quantitative estimate of drug-likeness (QED) is 0.639. The summed E-state index contributed by atoms with van der Waals surface area (Å²) in [6.07, 6.45) is 4.67. The Kier molecular flexibility index (Phi) is 4.72. The molecule has 6 nitrogen and oxygen atoms in total. The van der Waals surface area contributed by atoms with Crippen LogP contribution in [0.25, 0.3) is 11.4 Å². The normalized spacial score (nSPS) is 21.7. The zero-order chi connectivity index (χ0) is 19.9. The van der Waals surface area contributed by atoms with E-state index in [0.717, 1.165) is 62.8 Å². The van der Waals surface area contributed by atoms with Gasteiger partial charge in [-0.1, -0.05) is 12.1 Å². The average Bonchev–Trinajstić information content (AvgIpc) is 3.38. The van der Waals surface area contributed by atoms with E-state index in [1.165, 1.54) is 22.7 Å². The zero-order valence-electron chi connectivity index (χ0n) is 17.0. The van der Waals surface area contributed by atoms with E-state index in [1.54, 1.807) is 0 Å². The van der Waals surface area contributed by atoms with E-state index in [0.29, 0.717) is 12.5 Å². The maximum atomic E-state index is 6.16. The fourth-order valence-electron chi connectivity index (χ4n) is 4.98. The lowest BCUT2D eigenvalue weighted by molar-refractivity contribution is 0.0510. The van der Waals surface area contributed by atoms with Crippen molar-refractivity contribution in [2.24, 2.45) is 0 Å². The number of hydrogen-bond acceptors (Lipinski definition) is 6. The number of piperidine rings is 1. The van der Waals surface area contributed by atoms with E-state index in [9.17, 15) is 0 Å². The molecule has 1 saturated heterocycles. The van der Waals surface area contributed by atoms with Crippen LogP contribution in [0.1, 0.15) is 35.9 Å². The fourth-order valence-corrected chi connectivity index (χ4v) is 5.90. The van der Waals surface area contributed by atoms with E-state index in [-0.39, 0.29) is 6.10 Å². The molecule has 156 valence electrons. The summed E-state index contributed by atoms with van der Waals surface area (Å²) in [7, 11) is 0. The summed E-state index contributed by atoms with van der Waals surface area (Å²) in [5, 5.41) is 11.5. The summed E-state index contributed by atoms with van der Waals surface area (Å²) in [4.78, 5) is 3.97. The van der Waals surface area contributed by atoms with E-state index < -0.39 is 0 Å². The summed E-state index contributed by atoms with van der Waals surface area (Å²) in [5.41, 5.74) is 1.29. The minimum atomic E-state index is 0.0952. The predicted octanol–water partition coefficient (Wildman–Crippen LogP) is 3.97. The molecule has 3 aliphatic rings. The van der Waals surface area contributed by atoms with Crippen molar-refractivity contribution in [3.8, 4) is 22.9 Å². The number of likely N-dealkylation sites (tertiary alicyclic amines) is 1. The molecule has 3 aromatic rings. The Morgan fingerprint density at radius 2 is 1.90 bits per heavy atom. The highest BCUT2D eigenvalue weighted by atomic mass is 32.1. The molecule has 6 rings (SSSR count). The number of aromatic nitrogens is 3. The van der Waals surface area contributed by atoms with Gasteiger partial charge >= 0.3 is 0 Å². The van der Waals surface area contributed by atoms with Crippen molar-refractivity contribution in [3.63, 3.8) is 0 Å². The fraction of sp³-hybridized carbons (Fsp3) is 0.478. The van der Waals surface area contributed by atoms with Crippen LogP contribution in [0, 0.1) is 0 Å². The Bertz CT molecular complexity index is 1040. The van der Waals surface area contributed by atoms with Crippen molar-refractivity contribution in [1.82, 2.24) is 19.7 Å². The highest BCUT2D eigenvalue weighted by Gasteiger charge is 2.30. The molecule has 0 saturated carbocycles. The van der Waals surface area contributed by atoms with Crippen LogP contribution in [-0.4, -0.2) is 52.0 Å². The van der Waals surface area contributed by atoms with Gasteiger partial charge in [0.05, 0.1) is 0 Å². The highest BCUT2D eigenvalue weighted by molar-refractivity contribution is 7.10. The largest absolute Gasteiger partial charge is 0.486 e. The van der Waals surface area contributed by atoms with Gasteiger partial charge in [0.25, 0.3) is 0 Å². The van der Waals surface area contributed by atoms with Gasteiger partial charge in [0.1, 0.15) is 18.5 Å².